The van der Waals surface area contributed by atoms with E-state index in [1.165, 1.54) is 7.11 Å². The van der Waals surface area contributed by atoms with Gasteiger partial charge in [-0.2, -0.15) is 0 Å². The average Bonchev–Trinajstić information content (AvgIpc) is 2.48. The second kappa shape index (κ2) is 7.54. The van der Waals surface area contributed by atoms with Crippen molar-refractivity contribution in [2.45, 2.75) is 32.1 Å². The molecule has 5 heteroatoms. The lowest BCUT2D eigenvalue weighted by atomic mass is 10.0. The van der Waals surface area contributed by atoms with Crippen LogP contribution in [0.4, 0.5) is 0 Å². The van der Waals surface area contributed by atoms with Crippen molar-refractivity contribution in [3.05, 3.63) is 35.4 Å². The van der Waals surface area contributed by atoms with Gasteiger partial charge in [0.15, 0.2) is 0 Å². The Morgan fingerprint density at radius 3 is 2.76 bits per heavy atom. The molecule has 116 valence electrons. The lowest BCUT2D eigenvalue weighted by Crippen LogP contribution is -2.47. The lowest BCUT2D eigenvalue weighted by Gasteiger charge is -2.36. The SMILES string of the molecule is COC(=O)Cc1ccccc1CN1CC(C)OC(CO)C1. The largest absolute Gasteiger partial charge is 0.469 e. The molecule has 0 radical (unpaired) electrons. The molecular formula is C16H23NO4. The van der Waals surface area contributed by atoms with Crippen molar-refractivity contribution < 1.29 is 19.4 Å². The van der Waals surface area contributed by atoms with Gasteiger partial charge in [-0.25, -0.2) is 0 Å². The molecule has 5 nitrogen and oxygen atoms in total. The second-order valence-corrected chi connectivity index (χ2v) is 5.47. The highest BCUT2D eigenvalue weighted by Crippen LogP contribution is 2.17. The van der Waals surface area contributed by atoms with Gasteiger partial charge in [0.05, 0.1) is 32.3 Å². The number of morpholine rings is 1. The van der Waals surface area contributed by atoms with Gasteiger partial charge in [-0.3, -0.25) is 9.69 Å². The molecule has 1 fully saturated rings. The summed E-state index contributed by atoms with van der Waals surface area (Å²) in [4.78, 5) is 13.7. The molecule has 0 bridgehead atoms. The quantitative estimate of drug-likeness (QED) is 0.820. The number of benzene rings is 1. The fourth-order valence-corrected chi connectivity index (χ4v) is 2.72. The fraction of sp³-hybridized carbons (Fsp3) is 0.562. The van der Waals surface area contributed by atoms with Crippen LogP contribution >= 0.6 is 0 Å². The van der Waals surface area contributed by atoms with Crippen molar-refractivity contribution in [1.82, 2.24) is 4.90 Å². The highest BCUT2D eigenvalue weighted by Gasteiger charge is 2.25. The third-order valence-corrected chi connectivity index (χ3v) is 3.68. The first-order valence-electron chi connectivity index (χ1n) is 7.24. The van der Waals surface area contributed by atoms with Gasteiger partial charge in [0.25, 0.3) is 0 Å². The molecule has 0 saturated carbocycles. The van der Waals surface area contributed by atoms with E-state index in [2.05, 4.69) is 4.90 Å². The number of nitrogens with zero attached hydrogens (tertiary/aromatic N) is 1. The molecule has 0 aromatic heterocycles. The van der Waals surface area contributed by atoms with Crippen molar-refractivity contribution in [3.8, 4) is 0 Å². The van der Waals surface area contributed by atoms with Crippen LogP contribution in [0.1, 0.15) is 18.1 Å². The van der Waals surface area contributed by atoms with Crippen molar-refractivity contribution in [2.75, 3.05) is 26.8 Å². The topological polar surface area (TPSA) is 59.0 Å². The summed E-state index contributed by atoms with van der Waals surface area (Å²) in [7, 11) is 1.40. The molecule has 1 aliphatic heterocycles. The van der Waals surface area contributed by atoms with E-state index in [1.807, 2.05) is 31.2 Å². The van der Waals surface area contributed by atoms with Gasteiger partial charge in [-0.15, -0.1) is 0 Å². The van der Waals surface area contributed by atoms with Crippen LogP contribution in [0.15, 0.2) is 24.3 Å². The zero-order valence-electron chi connectivity index (χ0n) is 12.6. The van der Waals surface area contributed by atoms with Crippen molar-refractivity contribution in [1.29, 1.82) is 0 Å². The van der Waals surface area contributed by atoms with Crippen LogP contribution in [0.25, 0.3) is 0 Å². The van der Waals surface area contributed by atoms with Crippen molar-refractivity contribution >= 4 is 5.97 Å². The van der Waals surface area contributed by atoms with E-state index in [1.54, 1.807) is 0 Å². The van der Waals surface area contributed by atoms with Gasteiger partial charge in [-0.05, 0) is 18.1 Å². The normalized spacial score (nSPS) is 23.0. The summed E-state index contributed by atoms with van der Waals surface area (Å²) in [6, 6.07) is 7.90. The molecule has 21 heavy (non-hydrogen) atoms. The summed E-state index contributed by atoms with van der Waals surface area (Å²) >= 11 is 0. The molecule has 0 amide bonds. The van der Waals surface area contributed by atoms with Crippen LogP contribution in [0.3, 0.4) is 0 Å². The summed E-state index contributed by atoms with van der Waals surface area (Å²) in [6.45, 7) is 4.31. The van der Waals surface area contributed by atoms with E-state index in [-0.39, 0.29) is 31.2 Å². The third kappa shape index (κ3) is 4.52. The summed E-state index contributed by atoms with van der Waals surface area (Å²) in [6.07, 6.45) is 0.251. The van der Waals surface area contributed by atoms with E-state index in [9.17, 15) is 9.90 Å². The average molecular weight is 293 g/mol. The summed E-state index contributed by atoms with van der Waals surface area (Å²) in [5.41, 5.74) is 2.11. The lowest BCUT2D eigenvalue weighted by molar-refractivity contribution is -0.139. The molecule has 2 rings (SSSR count). The number of carbonyl (C=O) groups excluding carboxylic acids is 1. The number of esters is 1. The number of aliphatic hydroxyl groups excluding tert-OH is 1. The van der Waals surface area contributed by atoms with Gasteiger partial charge >= 0.3 is 5.97 Å². The highest BCUT2D eigenvalue weighted by molar-refractivity contribution is 5.72. The molecule has 0 spiro atoms. The number of aliphatic hydroxyl groups is 1. The first-order valence-corrected chi connectivity index (χ1v) is 7.24. The van der Waals surface area contributed by atoms with Gasteiger partial charge in [-0.1, -0.05) is 24.3 Å². The van der Waals surface area contributed by atoms with Crippen LogP contribution in [0.5, 0.6) is 0 Å². The van der Waals surface area contributed by atoms with Gasteiger partial charge in [0, 0.05) is 19.6 Å². The minimum absolute atomic E-state index is 0.0324. The van der Waals surface area contributed by atoms with E-state index >= 15 is 0 Å². The van der Waals surface area contributed by atoms with Gasteiger partial charge in [0.1, 0.15) is 0 Å². The molecule has 1 heterocycles. The first kappa shape index (κ1) is 15.9. The van der Waals surface area contributed by atoms with E-state index < -0.39 is 0 Å². The number of hydrogen-bond acceptors (Lipinski definition) is 5. The number of methoxy groups -OCH3 is 1. The zero-order chi connectivity index (χ0) is 15.2. The van der Waals surface area contributed by atoms with E-state index in [0.29, 0.717) is 6.54 Å². The van der Waals surface area contributed by atoms with Crippen LogP contribution in [0, 0.1) is 0 Å². The second-order valence-electron chi connectivity index (χ2n) is 5.47. The Hall–Kier alpha value is -1.43. The van der Waals surface area contributed by atoms with E-state index in [0.717, 1.165) is 24.2 Å². The zero-order valence-corrected chi connectivity index (χ0v) is 12.6. The summed E-state index contributed by atoms with van der Waals surface area (Å²) in [5.74, 6) is -0.231. The molecule has 2 atom stereocenters. The molecule has 2 unspecified atom stereocenters. The van der Waals surface area contributed by atoms with Gasteiger partial charge < -0.3 is 14.6 Å². The van der Waals surface area contributed by atoms with Crippen LogP contribution in [-0.2, 0) is 27.2 Å². The van der Waals surface area contributed by atoms with E-state index in [4.69, 9.17) is 9.47 Å². The number of hydrogen-bond donors (Lipinski definition) is 1. The predicted molar refractivity (Wildman–Crippen MR) is 78.9 cm³/mol. The van der Waals surface area contributed by atoms with Crippen molar-refractivity contribution in [3.63, 3.8) is 0 Å². The van der Waals surface area contributed by atoms with Crippen LogP contribution in [0.2, 0.25) is 0 Å². The number of rotatable bonds is 5. The Labute approximate surface area is 125 Å². The monoisotopic (exact) mass is 293 g/mol. The Bertz CT molecular complexity index is 477. The Morgan fingerprint density at radius 1 is 1.38 bits per heavy atom. The molecule has 1 aromatic rings. The Balaban J connectivity index is 2.06. The molecule has 0 aliphatic carbocycles. The minimum Gasteiger partial charge on any atom is -0.469 e. The third-order valence-electron chi connectivity index (χ3n) is 3.68. The number of ether oxygens (including phenoxy) is 2. The van der Waals surface area contributed by atoms with Crippen LogP contribution in [-0.4, -0.2) is 55.0 Å². The van der Waals surface area contributed by atoms with Crippen LogP contribution < -0.4 is 0 Å². The molecule has 1 saturated heterocycles. The van der Waals surface area contributed by atoms with Gasteiger partial charge in [0.2, 0.25) is 0 Å². The minimum atomic E-state index is -0.231. The molecule has 1 N–H and O–H groups in total. The summed E-state index contributed by atoms with van der Waals surface area (Å²) < 4.78 is 10.4. The first-order chi connectivity index (χ1) is 10.1. The molecule has 1 aliphatic rings. The fourth-order valence-electron chi connectivity index (χ4n) is 2.72. The maximum absolute atomic E-state index is 11.5. The Kier molecular flexibility index (Phi) is 5.73. The standard InChI is InChI=1S/C16H23NO4/c1-12-8-17(10-15(11-18)21-12)9-14-6-4-3-5-13(14)7-16(19)20-2/h3-6,12,15,18H,7-11H2,1-2H3. The smallest absolute Gasteiger partial charge is 0.309 e. The Morgan fingerprint density at radius 2 is 2.10 bits per heavy atom. The molecule has 1 aromatic carbocycles. The highest BCUT2D eigenvalue weighted by atomic mass is 16.5. The maximum Gasteiger partial charge on any atom is 0.309 e. The van der Waals surface area contributed by atoms with Crippen molar-refractivity contribution in [2.24, 2.45) is 0 Å². The summed E-state index contributed by atoms with van der Waals surface area (Å²) in [5, 5.41) is 9.29. The number of carbonyl (C=O) groups is 1. The molecular weight excluding hydrogens is 270 g/mol. The predicted octanol–water partition coefficient (Wildman–Crippen LogP) is 0.984. The maximum atomic E-state index is 11.5.